The number of fused-ring (bicyclic) bond motifs is 1. The van der Waals surface area contributed by atoms with Crippen molar-refractivity contribution in [2.24, 2.45) is 0 Å². The monoisotopic (exact) mass is 488 g/mol. The first-order valence-corrected chi connectivity index (χ1v) is 12.1. The van der Waals surface area contributed by atoms with Gasteiger partial charge >= 0.3 is 0 Å². The number of ether oxygens (including phenoxy) is 1. The quantitative estimate of drug-likeness (QED) is 0.247. The first kappa shape index (κ1) is 23.1. The van der Waals surface area contributed by atoms with E-state index in [4.69, 9.17) is 16.3 Å². The van der Waals surface area contributed by atoms with Gasteiger partial charge in [0, 0.05) is 10.7 Å². The Bertz CT molecular complexity index is 1290. The van der Waals surface area contributed by atoms with E-state index in [-0.39, 0.29) is 5.91 Å². The maximum atomic E-state index is 13.6. The maximum absolute atomic E-state index is 13.6. The zero-order valence-corrected chi connectivity index (χ0v) is 20.3. The molecule has 7 heteroatoms. The summed E-state index contributed by atoms with van der Waals surface area (Å²) in [4.78, 5) is 42.8. The highest BCUT2D eigenvalue weighted by molar-refractivity contribution is 6.30. The minimum absolute atomic E-state index is 0.307. The molecule has 2 aliphatic rings. The van der Waals surface area contributed by atoms with E-state index in [1.165, 1.54) is 0 Å². The van der Waals surface area contributed by atoms with Crippen molar-refractivity contribution in [3.8, 4) is 5.75 Å². The second kappa shape index (κ2) is 9.19. The van der Waals surface area contributed by atoms with Crippen LogP contribution < -0.4 is 9.64 Å². The largest absolute Gasteiger partial charge is 0.494 e. The molecular weight excluding hydrogens is 464 g/mol. The van der Waals surface area contributed by atoms with Gasteiger partial charge in [-0.1, -0.05) is 49.2 Å². The van der Waals surface area contributed by atoms with Gasteiger partial charge in [0.25, 0.3) is 17.7 Å². The average Bonchev–Trinajstić information content (AvgIpc) is 3.10. The van der Waals surface area contributed by atoms with Crippen LogP contribution in [0.1, 0.15) is 57.7 Å². The normalized spacial score (nSPS) is 19.1. The lowest BCUT2D eigenvalue weighted by Crippen LogP contribution is -2.67. The Labute approximate surface area is 209 Å². The molecule has 1 fully saturated rings. The van der Waals surface area contributed by atoms with Crippen molar-refractivity contribution < 1.29 is 19.1 Å². The van der Waals surface area contributed by atoms with E-state index in [1.54, 1.807) is 47.4 Å². The van der Waals surface area contributed by atoms with Crippen LogP contribution in [0.5, 0.6) is 5.75 Å². The van der Waals surface area contributed by atoms with Crippen molar-refractivity contribution >= 4 is 35.0 Å². The zero-order chi connectivity index (χ0) is 24.7. The SMILES string of the molecule is CCCCOc1ccc([C@@H]2[C@@H](N3C(=O)c4ccccc4C3=O)C(=O)N2c2ccc(Cl)cc2C)cc1. The van der Waals surface area contributed by atoms with Gasteiger partial charge in [-0.15, -0.1) is 0 Å². The Hall–Kier alpha value is -3.64. The van der Waals surface area contributed by atoms with E-state index >= 15 is 0 Å². The van der Waals surface area contributed by atoms with Gasteiger partial charge in [0.05, 0.1) is 23.8 Å². The summed E-state index contributed by atoms with van der Waals surface area (Å²) in [5.41, 5.74) is 2.98. The molecule has 0 aromatic heterocycles. The van der Waals surface area contributed by atoms with Crippen LogP contribution in [-0.2, 0) is 4.79 Å². The molecule has 3 amide bonds. The lowest BCUT2D eigenvalue weighted by molar-refractivity contribution is -0.130. The minimum Gasteiger partial charge on any atom is -0.494 e. The number of aryl methyl sites for hydroxylation is 1. The summed E-state index contributed by atoms with van der Waals surface area (Å²) in [5, 5.41) is 0.571. The molecule has 2 atom stereocenters. The van der Waals surface area contributed by atoms with Crippen LogP contribution in [-0.4, -0.2) is 35.3 Å². The van der Waals surface area contributed by atoms with Crippen LogP contribution in [0.3, 0.4) is 0 Å². The number of hydrogen-bond acceptors (Lipinski definition) is 4. The number of amides is 3. The third kappa shape index (κ3) is 3.88. The van der Waals surface area contributed by atoms with Gasteiger partial charge in [-0.05, 0) is 66.9 Å². The molecule has 0 N–H and O–H groups in total. The number of rotatable bonds is 7. The molecule has 0 saturated carbocycles. The number of nitrogens with zero attached hydrogens (tertiary/aromatic N) is 2. The Morgan fingerprint density at radius 3 is 2.11 bits per heavy atom. The summed E-state index contributed by atoms with van der Waals surface area (Å²) < 4.78 is 5.79. The van der Waals surface area contributed by atoms with Crippen LogP contribution in [0, 0.1) is 6.92 Å². The van der Waals surface area contributed by atoms with Gasteiger partial charge in [0.15, 0.2) is 0 Å². The number of anilines is 1. The number of carbonyl (C=O) groups is 3. The molecule has 5 rings (SSSR count). The van der Waals surface area contributed by atoms with E-state index < -0.39 is 23.9 Å². The topological polar surface area (TPSA) is 66.9 Å². The summed E-state index contributed by atoms with van der Waals surface area (Å²) in [7, 11) is 0. The number of benzene rings is 3. The molecule has 2 aliphatic heterocycles. The minimum atomic E-state index is -0.940. The van der Waals surface area contributed by atoms with E-state index in [9.17, 15) is 14.4 Å². The van der Waals surface area contributed by atoms with Gasteiger partial charge < -0.3 is 9.64 Å². The van der Waals surface area contributed by atoms with Crippen molar-refractivity contribution in [3.63, 3.8) is 0 Å². The number of β-lactam (4-membered cyclic amide) rings is 1. The third-order valence-electron chi connectivity index (χ3n) is 6.58. The van der Waals surface area contributed by atoms with Crippen LogP contribution in [0.25, 0.3) is 0 Å². The predicted octanol–water partition coefficient (Wildman–Crippen LogP) is 5.58. The Morgan fingerprint density at radius 1 is 0.857 bits per heavy atom. The van der Waals surface area contributed by atoms with E-state index in [0.717, 1.165) is 34.6 Å². The molecule has 178 valence electrons. The maximum Gasteiger partial charge on any atom is 0.262 e. The van der Waals surface area contributed by atoms with Gasteiger partial charge in [-0.2, -0.15) is 0 Å². The van der Waals surface area contributed by atoms with Crippen molar-refractivity contribution in [1.82, 2.24) is 4.90 Å². The lowest BCUT2D eigenvalue weighted by atomic mass is 9.85. The fourth-order valence-corrected chi connectivity index (χ4v) is 5.00. The predicted molar refractivity (Wildman–Crippen MR) is 134 cm³/mol. The molecule has 6 nitrogen and oxygen atoms in total. The number of unbranched alkanes of at least 4 members (excludes halogenated alkanes) is 1. The van der Waals surface area contributed by atoms with Gasteiger partial charge in [-0.25, -0.2) is 0 Å². The zero-order valence-electron chi connectivity index (χ0n) is 19.5. The molecule has 3 aromatic rings. The van der Waals surface area contributed by atoms with E-state index in [2.05, 4.69) is 6.92 Å². The molecule has 0 bridgehead atoms. The summed E-state index contributed by atoms with van der Waals surface area (Å²) in [6.07, 6.45) is 2.00. The Kier molecular flexibility index (Phi) is 6.07. The molecular formula is C28H25ClN2O4. The Morgan fingerprint density at radius 2 is 1.51 bits per heavy atom. The molecule has 0 unspecified atom stereocenters. The molecule has 0 radical (unpaired) electrons. The molecule has 0 aliphatic carbocycles. The summed E-state index contributed by atoms with van der Waals surface area (Å²) in [5.74, 6) is -0.459. The molecule has 0 spiro atoms. The molecule has 3 aromatic carbocycles. The molecule has 35 heavy (non-hydrogen) atoms. The lowest BCUT2D eigenvalue weighted by Gasteiger charge is -2.50. The number of halogens is 1. The van der Waals surface area contributed by atoms with E-state index in [1.807, 2.05) is 31.2 Å². The van der Waals surface area contributed by atoms with E-state index in [0.29, 0.717) is 28.4 Å². The van der Waals surface area contributed by atoms with Crippen LogP contribution in [0.15, 0.2) is 66.7 Å². The smallest absolute Gasteiger partial charge is 0.262 e. The highest BCUT2D eigenvalue weighted by Crippen LogP contribution is 2.45. The van der Waals surface area contributed by atoms with Crippen molar-refractivity contribution in [2.75, 3.05) is 11.5 Å². The molecule has 2 heterocycles. The molecule has 1 saturated heterocycles. The van der Waals surface area contributed by atoms with Gasteiger partial charge in [0.2, 0.25) is 0 Å². The summed E-state index contributed by atoms with van der Waals surface area (Å²) >= 11 is 6.15. The van der Waals surface area contributed by atoms with Crippen LogP contribution in [0.4, 0.5) is 5.69 Å². The number of hydrogen-bond donors (Lipinski definition) is 0. The highest BCUT2D eigenvalue weighted by atomic mass is 35.5. The van der Waals surface area contributed by atoms with Crippen LogP contribution >= 0.6 is 11.6 Å². The first-order valence-electron chi connectivity index (χ1n) is 11.7. The summed E-state index contributed by atoms with van der Waals surface area (Å²) in [6, 6.07) is 18.0. The van der Waals surface area contributed by atoms with Crippen LogP contribution in [0.2, 0.25) is 5.02 Å². The third-order valence-corrected chi connectivity index (χ3v) is 6.81. The number of carbonyl (C=O) groups excluding carboxylic acids is 3. The van der Waals surface area contributed by atoms with Gasteiger partial charge in [0.1, 0.15) is 11.8 Å². The average molecular weight is 489 g/mol. The fraction of sp³-hybridized carbons (Fsp3) is 0.250. The second-order valence-corrected chi connectivity index (χ2v) is 9.26. The van der Waals surface area contributed by atoms with Crippen molar-refractivity contribution in [2.45, 2.75) is 38.8 Å². The van der Waals surface area contributed by atoms with Crippen molar-refractivity contribution in [1.29, 1.82) is 0 Å². The first-order chi connectivity index (χ1) is 16.9. The second-order valence-electron chi connectivity index (χ2n) is 8.83. The highest BCUT2D eigenvalue weighted by Gasteiger charge is 2.57. The number of imide groups is 1. The Balaban J connectivity index is 1.53. The van der Waals surface area contributed by atoms with Crippen molar-refractivity contribution in [3.05, 3.63) is 94.0 Å². The van der Waals surface area contributed by atoms with Gasteiger partial charge in [-0.3, -0.25) is 19.3 Å². The summed E-state index contributed by atoms with van der Waals surface area (Å²) in [6.45, 7) is 4.61. The standard InChI is InChI=1S/C28H25ClN2O4/c1-3-4-15-35-20-12-9-18(10-13-20)24-25(28(34)30(24)23-14-11-19(29)16-17(23)2)31-26(32)21-7-5-6-8-22(21)27(31)33/h5-14,16,24-25H,3-4,15H2,1-2H3/t24-,25-/m1/s1. The fourth-order valence-electron chi connectivity index (χ4n) is 4.77.